The Hall–Kier alpha value is -3.35. The van der Waals surface area contributed by atoms with Crippen molar-refractivity contribution in [3.8, 4) is 11.1 Å². The Bertz CT molecular complexity index is 1040. The first-order valence-electron chi connectivity index (χ1n) is 12.5. The van der Waals surface area contributed by atoms with E-state index in [1.165, 1.54) is 11.1 Å². The fraction of sp³-hybridized carbons (Fsp3) is 0.464. The smallest absolute Gasteiger partial charge is 0.407 e. The van der Waals surface area contributed by atoms with E-state index in [4.69, 9.17) is 9.84 Å². The van der Waals surface area contributed by atoms with Crippen molar-refractivity contribution in [2.75, 3.05) is 19.7 Å². The third kappa shape index (κ3) is 5.66. The molecule has 0 bridgehead atoms. The zero-order chi connectivity index (χ0) is 24.9. The molecule has 1 heterocycles. The number of fused-ring (bicyclic) bond motifs is 3. The summed E-state index contributed by atoms with van der Waals surface area (Å²) in [5, 5.41) is 12.0. The highest BCUT2D eigenvalue weighted by Gasteiger charge is 2.34. The van der Waals surface area contributed by atoms with Crippen molar-refractivity contribution in [3.05, 3.63) is 59.7 Å². The third-order valence-electron chi connectivity index (χ3n) is 7.28. The normalized spacial score (nSPS) is 19.7. The van der Waals surface area contributed by atoms with Gasteiger partial charge in [0.05, 0.1) is 6.42 Å². The second kappa shape index (κ2) is 10.9. The highest BCUT2D eigenvalue weighted by Crippen LogP contribution is 2.44. The van der Waals surface area contributed by atoms with Crippen molar-refractivity contribution in [1.29, 1.82) is 0 Å². The van der Waals surface area contributed by atoms with Gasteiger partial charge in [0.25, 0.3) is 0 Å². The average Bonchev–Trinajstić information content (AvgIpc) is 3.35. The lowest BCUT2D eigenvalue weighted by Crippen LogP contribution is -2.40. The fourth-order valence-electron chi connectivity index (χ4n) is 5.45. The molecular weight excluding hydrogens is 444 g/mol. The van der Waals surface area contributed by atoms with Crippen LogP contribution in [0.1, 0.15) is 56.6 Å². The number of hydrogen-bond donors (Lipinski definition) is 2. The van der Waals surface area contributed by atoms with Crippen LogP contribution in [0.15, 0.2) is 48.5 Å². The summed E-state index contributed by atoms with van der Waals surface area (Å²) in [6.45, 7) is 5.24. The van der Waals surface area contributed by atoms with Crippen molar-refractivity contribution in [3.63, 3.8) is 0 Å². The molecule has 2 aromatic rings. The molecule has 1 fully saturated rings. The number of alkyl carbamates (subject to hydrolysis) is 1. The van der Waals surface area contributed by atoms with Crippen molar-refractivity contribution in [2.24, 2.45) is 11.8 Å². The predicted octanol–water partition coefficient (Wildman–Crippen LogP) is 4.65. The van der Waals surface area contributed by atoms with Gasteiger partial charge in [-0.05, 0) is 40.5 Å². The summed E-state index contributed by atoms with van der Waals surface area (Å²) in [6, 6.07) is 16.1. The fourth-order valence-corrected chi connectivity index (χ4v) is 5.45. The van der Waals surface area contributed by atoms with E-state index in [-0.39, 0.29) is 49.2 Å². The quantitative estimate of drug-likeness (QED) is 0.547. The monoisotopic (exact) mass is 478 g/mol. The number of amides is 2. The Kier molecular flexibility index (Phi) is 7.73. The number of nitrogens with one attached hydrogen (secondary N) is 1. The summed E-state index contributed by atoms with van der Waals surface area (Å²) in [7, 11) is 0. The molecule has 4 rings (SSSR count). The summed E-state index contributed by atoms with van der Waals surface area (Å²) in [4.78, 5) is 38.5. The number of ether oxygens (including phenoxy) is 1. The molecule has 7 heteroatoms. The van der Waals surface area contributed by atoms with Crippen LogP contribution >= 0.6 is 0 Å². The molecule has 0 radical (unpaired) electrons. The second-order valence-electron chi connectivity index (χ2n) is 9.79. The van der Waals surface area contributed by atoms with Crippen LogP contribution in [0.25, 0.3) is 11.1 Å². The van der Waals surface area contributed by atoms with E-state index in [0.29, 0.717) is 19.5 Å². The third-order valence-corrected chi connectivity index (χ3v) is 7.28. The number of carboxylic acids is 1. The van der Waals surface area contributed by atoms with Gasteiger partial charge >= 0.3 is 12.1 Å². The Morgan fingerprint density at radius 1 is 1.06 bits per heavy atom. The molecule has 0 saturated carbocycles. The number of nitrogens with zero attached hydrogens (tertiary/aromatic N) is 1. The molecule has 0 spiro atoms. The first kappa shape index (κ1) is 24.8. The van der Waals surface area contributed by atoms with E-state index >= 15 is 0 Å². The van der Waals surface area contributed by atoms with E-state index in [1.807, 2.05) is 38.1 Å². The topological polar surface area (TPSA) is 95.9 Å². The van der Waals surface area contributed by atoms with E-state index in [1.54, 1.807) is 4.90 Å². The van der Waals surface area contributed by atoms with Crippen LogP contribution < -0.4 is 5.32 Å². The molecule has 2 amide bonds. The molecule has 1 aliphatic heterocycles. The Morgan fingerprint density at radius 2 is 1.69 bits per heavy atom. The van der Waals surface area contributed by atoms with Crippen molar-refractivity contribution >= 4 is 18.0 Å². The molecule has 2 unspecified atom stereocenters. The maximum Gasteiger partial charge on any atom is 0.407 e. The summed E-state index contributed by atoms with van der Waals surface area (Å²) >= 11 is 0. The van der Waals surface area contributed by atoms with E-state index in [0.717, 1.165) is 17.5 Å². The van der Waals surface area contributed by atoms with Crippen LogP contribution in [0.5, 0.6) is 0 Å². The maximum atomic E-state index is 12.9. The minimum absolute atomic E-state index is 0.0170. The van der Waals surface area contributed by atoms with E-state index in [2.05, 4.69) is 29.6 Å². The van der Waals surface area contributed by atoms with Gasteiger partial charge in [-0.1, -0.05) is 68.8 Å². The Labute approximate surface area is 206 Å². The van der Waals surface area contributed by atoms with Crippen molar-refractivity contribution < 1.29 is 24.2 Å². The number of benzene rings is 2. The SMILES string of the molecule is CCC[C@@H](CC(=O)N1CC(C)C(CC(=O)O)C1)NC(=O)OCC1c2ccccc2-c2ccccc21. The lowest BCUT2D eigenvalue weighted by molar-refractivity contribution is -0.138. The second-order valence-corrected chi connectivity index (χ2v) is 9.79. The molecule has 7 nitrogen and oxygen atoms in total. The summed E-state index contributed by atoms with van der Waals surface area (Å²) < 4.78 is 5.66. The highest BCUT2D eigenvalue weighted by atomic mass is 16.5. The van der Waals surface area contributed by atoms with Gasteiger partial charge in [0, 0.05) is 31.5 Å². The molecule has 1 saturated heterocycles. The number of carboxylic acid groups (broad SMARTS) is 1. The van der Waals surface area contributed by atoms with Gasteiger partial charge in [-0.25, -0.2) is 4.79 Å². The van der Waals surface area contributed by atoms with Crippen LogP contribution in [-0.4, -0.2) is 53.7 Å². The van der Waals surface area contributed by atoms with Gasteiger partial charge < -0.3 is 20.1 Å². The van der Waals surface area contributed by atoms with Crippen molar-refractivity contribution in [1.82, 2.24) is 10.2 Å². The largest absolute Gasteiger partial charge is 0.481 e. The van der Waals surface area contributed by atoms with Crippen molar-refractivity contribution in [2.45, 2.75) is 51.5 Å². The van der Waals surface area contributed by atoms with Gasteiger partial charge in [0.1, 0.15) is 6.61 Å². The van der Waals surface area contributed by atoms with E-state index < -0.39 is 12.1 Å². The summed E-state index contributed by atoms with van der Waals surface area (Å²) in [6.07, 6.45) is 1.22. The zero-order valence-electron chi connectivity index (χ0n) is 20.4. The molecular formula is C28H34N2O5. The van der Waals surface area contributed by atoms with Crippen LogP contribution in [0.2, 0.25) is 0 Å². The van der Waals surface area contributed by atoms with Crippen LogP contribution in [0, 0.1) is 11.8 Å². The van der Waals surface area contributed by atoms with Crippen LogP contribution in [-0.2, 0) is 14.3 Å². The standard InChI is InChI=1S/C28H34N2O5/c1-3-8-20(14-26(31)30-15-18(2)19(16-30)13-27(32)33)29-28(34)35-17-25-23-11-6-4-9-21(23)22-10-5-7-12-24(22)25/h4-7,9-12,18-20,25H,3,8,13-17H2,1-2H3,(H,29,34)(H,32,33)/t18?,19?,20-/m0/s1. The maximum absolute atomic E-state index is 12.9. The van der Waals surface area contributed by atoms with Crippen LogP contribution in [0.4, 0.5) is 4.79 Å². The van der Waals surface area contributed by atoms with Gasteiger partial charge in [0.2, 0.25) is 5.91 Å². The number of aliphatic carboxylic acids is 1. The lowest BCUT2D eigenvalue weighted by Gasteiger charge is -2.22. The number of rotatable bonds is 9. The van der Waals surface area contributed by atoms with E-state index in [9.17, 15) is 14.4 Å². The number of likely N-dealkylation sites (tertiary alicyclic amines) is 1. The molecule has 186 valence electrons. The molecule has 2 aromatic carbocycles. The average molecular weight is 479 g/mol. The van der Waals surface area contributed by atoms with Crippen LogP contribution in [0.3, 0.4) is 0 Å². The highest BCUT2D eigenvalue weighted by molar-refractivity contribution is 5.80. The molecule has 0 aromatic heterocycles. The van der Waals surface area contributed by atoms with Gasteiger partial charge in [-0.3, -0.25) is 9.59 Å². The van der Waals surface area contributed by atoms with Gasteiger partial charge in [-0.2, -0.15) is 0 Å². The molecule has 1 aliphatic carbocycles. The predicted molar refractivity (Wildman–Crippen MR) is 133 cm³/mol. The van der Waals surface area contributed by atoms with Gasteiger partial charge in [0.15, 0.2) is 0 Å². The number of carbonyl (C=O) groups excluding carboxylic acids is 2. The first-order chi connectivity index (χ1) is 16.9. The summed E-state index contributed by atoms with van der Waals surface area (Å²) in [5.74, 6) is -0.790. The zero-order valence-corrected chi connectivity index (χ0v) is 20.4. The van der Waals surface area contributed by atoms with Gasteiger partial charge in [-0.15, -0.1) is 0 Å². The first-order valence-corrected chi connectivity index (χ1v) is 12.5. The lowest BCUT2D eigenvalue weighted by atomic mass is 9.95. The molecule has 2 aliphatic rings. The molecule has 3 atom stereocenters. The number of carbonyl (C=O) groups is 3. The Morgan fingerprint density at radius 3 is 2.29 bits per heavy atom. The summed E-state index contributed by atoms with van der Waals surface area (Å²) in [5.41, 5.74) is 4.65. The molecule has 2 N–H and O–H groups in total. The minimum atomic E-state index is -0.836. The minimum Gasteiger partial charge on any atom is -0.481 e. The molecule has 35 heavy (non-hydrogen) atoms. The Balaban J connectivity index is 1.33. The number of hydrogen-bond acceptors (Lipinski definition) is 4.